The second-order valence-corrected chi connectivity index (χ2v) is 9.61. The first-order valence-electron chi connectivity index (χ1n) is 9.61. The molecule has 0 bridgehead atoms. The molecular weight excluding hydrogens is 389 g/mol. The fraction of sp³-hybridized carbons (Fsp3) is 0.632. The van der Waals surface area contributed by atoms with Gasteiger partial charge in [-0.3, -0.25) is 9.21 Å². The number of aromatic carboxylic acids is 1. The van der Waals surface area contributed by atoms with Gasteiger partial charge in [0.15, 0.2) is 0 Å². The number of carbonyl (C=O) groups is 1. The van der Waals surface area contributed by atoms with Crippen LogP contribution in [0.15, 0.2) is 18.2 Å². The number of carboxylic acids is 1. The molecule has 0 N–H and O–H groups in total. The third-order valence-corrected chi connectivity index (χ3v) is 6.43. The van der Waals surface area contributed by atoms with Crippen molar-refractivity contribution in [3.63, 3.8) is 0 Å². The van der Waals surface area contributed by atoms with Crippen molar-refractivity contribution < 1.29 is 41.9 Å². The standard InChI is InChI=1S/C19H29N3O5S.Li/c1-20-7-9-21(10-8-20)11-12-22(28(2,25)26)17-6-5-16(19(23)24)13-18(17)27-14-15-3-4-15;/h5-6,13,15H,3-4,7-12,14H2,1-2H3,(H,23,24);/q;+1/p-1. The van der Waals surface area contributed by atoms with E-state index in [1.807, 2.05) is 0 Å². The van der Waals surface area contributed by atoms with Crippen LogP contribution in [0.5, 0.6) is 5.75 Å². The Morgan fingerprint density at radius 3 is 2.45 bits per heavy atom. The zero-order valence-electron chi connectivity index (χ0n) is 17.5. The zero-order chi connectivity index (χ0) is 20.3. The predicted molar refractivity (Wildman–Crippen MR) is 105 cm³/mol. The van der Waals surface area contributed by atoms with Gasteiger partial charge < -0.3 is 19.5 Å². The summed E-state index contributed by atoms with van der Waals surface area (Å²) in [6.45, 7) is 5.03. The van der Waals surface area contributed by atoms with E-state index in [4.69, 9.17) is 4.74 Å². The quantitative estimate of drug-likeness (QED) is 0.392. The van der Waals surface area contributed by atoms with Gasteiger partial charge in [0, 0.05) is 44.8 Å². The van der Waals surface area contributed by atoms with E-state index in [1.54, 1.807) is 0 Å². The van der Waals surface area contributed by atoms with Gasteiger partial charge in [-0.2, -0.15) is 0 Å². The molecule has 0 spiro atoms. The Bertz CT molecular complexity index is 808. The van der Waals surface area contributed by atoms with Crippen LogP contribution in [0.4, 0.5) is 5.69 Å². The first-order chi connectivity index (χ1) is 13.2. The molecule has 0 aromatic heterocycles. The number of benzene rings is 1. The van der Waals surface area contributed by atoms with Crippen LogP contribution in [0, 0.1) is 5.92 Å². The van der Waals surface area contributed by atoms with E-state index in [0.29, 0.717) is 24.8 Å². The first kappa shape index (κ1) is 24.0. The summed E-state index contributed by atoms with van der Waals surface area (Å²) in [6.07, 6.45) is 3.32. The second-order valence-electron chi connectivity index (χ2n) is 7.70. The molecule has 0 atom stereocenters. The van der Waals surface area contributed by atoms with Crippen molar-refractivity contribution in [1.82, 2.24) is 9.80 Å². The van der Waals surface area contributed by atoms with Gasteiger partial charge in [0.05, 0.1) is 24.5 Å². The maximum absolute atomic E-state index is 12.5. The van der Waals surface area contributed by atoms with Gasteiger partial charge in [-0.1, -0.05) is 6.07 Å². The van der Waals surface area contributed by atoms with E-state index >= 15 is 0 Å². The minimum atomic E-state index is -3.55. The summed E-state index contributed by atoms with van der Waals surface area (Å²) < 4.78 is 32.1. The average molecular weight is 417 g/mol. The summed E-state index contributed by atoms with van der Waals surface area (Å²) in [5.41, 5.74) is 0.351. The summed E-state index contributed by atoms with van der Waals surface area (Å²) in [4.78, 5) is 15.7. The number of anilines is 1. The minimum Gasteiger partial charge on any atom is -0.545 e. The van der Waals surface area contributed by atoms with Crippen LogP contribution in [0.1, 0.15) is 23.2 Å². The van der Waals surface area contributed by atoms with Crippen molar-refractivity contribution in [3.8, 4) is 5.75 Å². The van der Waals surface area contributed by atoms with Gasteiger partial charge >= 0.3 is 18.9 Å². The van der Waals surface area contributed by atoms with Crippen molar-refractivity contribution in [2.45, 2.75) is 12.8 Å². The number of carbonyl (C=O) groups excluding carboxylic acids is 1. The SMILES string of the molecule is CN1CCN(CCN(c2ccc(C(=O)[O-])cc2OCC2CC2)S(C)(=O)=O)CC1.[Li+]. The molecule has 0 radical (unpaired) electrons. The second kappa shape index (κ2) is 10.2. The molecule has 1 saturated carbocycles. The van der Waals surface area contributed by atoms with Crippen molar-refractivity contribution in [2.24, 2.45) is 5.92 Å². The predicted octanol–water partition coefficient (Wildman–Crippen LogP) is -3.14. The van der Waals surface area contributed by atoms with E-state index in [9.17, 15) is 18.3 Å². The van der Waals surface area contributed by atoms with Crippen LogP contribution in [0.2, 0.25) is 0 Å². The molecule has 2 aliphatic rings. The van der Waals surface area contributed by atoms with Gasteiger partial charge in [-0.15, -0.1) is 0 Å². The number of rotatable bonds is 9. The molecule has 1 aliphatic carbocycles. The molecule has 156 valence electrons. The number of carboxylic acid groups (broad SMARTS) is 1. The summed E-state index contributed by atoms with van der Waals surface area (Å²) >= 11 is 0. The number of sulfonamides is 1. The van der Waals surface area contributed by atoms with Crippen LogP contribution in [-0.2, 0) is 10.0 Å². The van der Waals surface area contributed by atoms with Crippen molar-refractivity contribution in [3.05, 3.63) is 23.8 Å². The number of ether oxygens (including phenoxy) is 1. The van der Waals surface area contributed by atoms with E-state index in [0.717, 1.165) is 45.3 Å². The Morgan fingerprint density at radius 2 is 1.90 bits per heavy atom. The fourth-order valence-corrected chi connectivity index (χ4v) is 4.14. The Hall–Kier alpha value is -1.24. The van der Waals surface area contributed by atoms with E-state index < -0.39 is 16.0 Å². The number of hydrogen-bond acceptors (Lipinski definition) is 7. The third kappa shape index (κ3) is 6.90. The average Bonchev–Trinajstić information content (AvgIpc) is 3.45. The molecule has 1 saturated heterocycles. The Kier molecular flexibility index (Phi) is 8.44. The van der Waals surface area contributed by atoms with Crippen molar-refractivity contribution in [1.29, 1.82) is 0 Å². The van der Waals surface area contributed by atoms with Crippen LogP contribution in [0.3, 0.4) is 0 Å². The molecule has 1 aromatic rings. The number of piperazine rings is 1. The molecule has 0 amide bonds. The van der Waals surface area contributed by atoms with E-state index in [-0.39, 0.29) is 36.7 Å². The molecule has 1 aromatic carbocycles. The molecular formula is C19H28LiN3O5S. The largest absolute Gasteiger partial charge is 1.00 e. The molecule has 1 heterocycles. The molecule has 10 heteroatoms. The van der Waals surface area contributed by atoms with Crippen LogP contribution in [-0.4, -0.2) is 83.4 Å². The van der Waals surface area contributed by atoms with Gasteiger partial charge in [-0.05, 0) is 37.9 Å². The number of hydrogen-bond donors (Lipinski definition) is 0. The molecule has 8 nitrogen and oxygen atoms in total. The normalized spacial score (nSPS) is 18.1. The van der Waals surface area contributed by atoms with Crippen LogP contribution >= 0.6 is 0 Å². The van der Waals surface area contributed by atoms with Crippen LogP contribution in [0.25, 0.3) is 0 Å². The van der Waals surface area contributed by atoms with E-state index in [1.165, 1.54) is 22.5 Å². The molecule has 29 heavy (non-hydrogen) atoms. The smallest absolute Gasteiger partial charge is 0.545 e. The molecule has 0 unspecified atom stereocenters. The van der Waals surface area contributed by atoms with Crippen molar-refractivity contribution >= 4 is 21.7 Å². The van der Waals surface area contributed by atoms with Gasteiger partial charge in [-0.25, -0.2) is 8.42 Å². The first-order valence-corrected chi connectivity index (χ1v) is 11.5. The maximum Gasteiger partial charge on any atom is 1.00 e. The topological polar surface area (TPSA) is 93.2 Å². The Labute approximate surface area is 185 Å². The maximum atomic E-state index is 12.5. The van der Waals surface area contributed by atoms with Gasteiger partial charge in [0.25, 0.3) is 0 Å². The monoisotopic (exact) mass is 417 g/mol. The molecule has 1 aliphatic heterocycles. The molecule has 3 rings (SSSR count). The fourth-order valence-electron chi connectivity index (χ4n) is 3.22. The third-order valence-electron chi connectivity index (χ3n) is 5.25. The van der Waals surface area contributed by atoms with Gasteiger partial charge in [0.1, 0.15) is 5.75 Å². The van der Waals surface area contributed by atoms with Gasteiger partial charge in [0.2, 0.25) is 10.0 Å². The number of nitrogens with zero attached hydrogens (tertiary/aromatic N) is 3. The number of likely N-dealkylation sites (N-methyl/N-ethyl adjacent to an activating group) is 1. The Balaban J connectivity index is 0.00000300. The van der Waals surface area contributed by atoms with E-state index in [2.05, 4.69) is 16.8 Å². The summed E-state index contributed by atoms with van der Waals surface area (Å²) in [7, 11) is -1.48. The zero-order valence-corrected chi connectivity index (χ0v) is 18.3. The minimum absolute atomic E-state index is 0. The summed E-state index contributed by atoms with van der Waals surface area (Å²) in [6, 6.07) is 4.22. The van der Waals surface area contributed by atoms with Crippen molar-refractivity contribution in [2.75, 3.05) is 63.5 Å². The Morgan fingerprint density at radius 1 is 1.24 bits per heavy atom. The van der Waals surface area contributed by atoms with Crippen LogP contribution < -0.4 is 33.0 Å². The summed E-state index contributed by atoms with van der Waals surface area (Å²) in [5.74, 6) is -0.583. The summed E-state index contributed by atoms with van der Waals surface area (Å²) in [5, 5.41) is 11.2. The molecule has 2 fully saturated rings.